The first kappa shape index (κ1) is 16.1. The molecule has 4 nitrogen and oxygen atoms in total. The Morgan fingerprint density at radius 3 is 2.47 bits per heavy atom. The minimum atomic E-state index is -1.10. The molecule has 0 saturated carbocycles. The first-order valence-corrected chi connectivity index (χ1v) is 6.81. The van der Waals surface area contributed by atoms with Crippen LogP contribution in [0.3, 0.4) is 0 Å². The summed E-state index contributed by atoms with van der Waals surface area (Å²) < 4.78 is 4.95. The predicted octanol–water partition coefficient (Wildman–Crippen LogP) is 3.68. The number of benzene rings is 1. The van der Waals surface area contributed by atoms with Crippen molar-refractivity contribution in [3.63, 3.8) is 0 Å². The molecule has 0 spiro atoms. The first-order chi connectivity index (χ1) is 8.97. The van der Waals surface area contributed by atoms with Gasteiger partial charge in [-0.2, -0.15) is 0 Å². The number of hydrogen-bond donors (Lipinski definition) is 2. The van der Waals surface area contributed by atoms with Crippen LogP contribution in [0.4, 0.5) is 4.79 Å². The quantitative estimate of drug-likeness (QED) is 0.842. The van der Waals surface area contributed by atoms with Gasteiger partial charge in [-0.3, -0.25) is 0 Å². The normalized spacial score (nSPS) is 13.9. The number of halogens is 2. The van der Waals surface area contributed by atoms with E-state index in [2.05, 4.69) is 0 Å². The van der Waals surface area contributed by atoms with Crippen molar-refractivity contribution in [3.8, 4) is 0 Å². The Hall–Kier alpha value is -0.970. The molecule has 0 aromatic heterocycles. The van der Waals surface area contributed by atoms with Crippen LogP contribution in [-0.2, 0) is 4.74 Å². The van der Waals surface area contributed by atoms with Gasteiger partial charge in [-0.1, -0.05) is 42.6 Å². The summed E-state index contributed by atoms with van der Waals surface area (Å²) in [6.45, 7) is 2.00. The van der Waals surface area contributed by atoms with E-state index in [0.29, 0.717) is 22.0 Å². The smallest absolute Gasteiger partial charge is 0.404 e. The summed E-state index contributed by atoms with van der Waals surface area (Å²) in [5.74, 6) is 0. The van der Waals surface area contributed by atoms with Crippen molar-refractivity contribution < 1.29 is 14.6 Å². The fourth-order valence-corrected chi connectivity index (χ4v) is 2.44. The summed E-state index contributed by atoms with van der Waals surface area (Å²) in [7, 11) is 0. The third-order valence-corrected chi connectivity index (χ3v) is 3.42. The second-order valence-corrected chi connectivity index (χ2v) is 5.01. The van der Waals surface area contributed by atoms with Gasteiger partial charge >= 0.3 is 6.09 Å². The lowest BCUT2D eigenvalue weighted by Crippen LogP contribution is -2.28. The number of unbranched alkanes of at least 4 members (excludes halogenated alkanes) is 1. The van der Waals surface area contributed by atoms with Gasteiger partial charge in [0.15, 0.2) is 0 Å². The molecule has 0 aliphatic carbocycles. The van der Waals surface area contributed by atoms with Crippen molar-refractivity contribution in [2.45, 2.75) is 38.4 Å². The van der Waals surface area contributed by atoms with Crippen LogP contribution < -0.4 is 5.73 Å². The van der Waals surface area contributed by atoms with Gasteiger partial charge in [0, 0.05) is 15.6 Å². The molecule has 1 amide bonds. The molecular formula is C13H17Cl2NO3. The Bertz CT molecular complexity index is 420. The van der Waals surface area contributed by atoms with Crippen LogP contribution in [-0.4, -0.2) is 17.3 Å². The molecule has 6 heteroatoms. The van der Waals surface area contributed by atoms with Crippen LogP contribution in [0, 0.1) is 0 Å². The average molecular weight is 306 g/mol. The highest BCUT2D eigenvalue weighted by atomic mass is 35.5. The Kier molecular flexibility index (Phi) is 6.42. The fraction of sp³-hybridized carbons (Fsp3) is 0.462. The topological polar surface area (TPSA) is 72.5 Å². The highest BCUT2D eigenvalue weighted by Crippen LogP contribution is 2.34. The van der Waals surface area contributed by atoms with Crippen molar-refractivity contribution in [1.82, 2.24) is 0 Å². The molecule has 0 saturated heterocycles. The lowest BCUT2D eigenvalue weighted by atomic mass is 10.00. The average Bonchev–Trinajstić information content (AvgIpc) is 2.33. The van der Waals surface area contributed by atoms with Crippen molar-refractivity contribution in [3.05, 3.63) is 33.8 Å². The fourth-order valence-electron chi connectivity index (χ4n) is 1.81. The molecule has 0 bridgehead atoms. The molecule has 0 radical (unpaired) electrons. The summed E-state index contributed by atoms with van der Waals surface area (Å²) in [5, 5.41) is 11.0. The first-order valence-electron chi connectivity index (χ1n) is 6.05. The Labute approximate surface area is 122 Å². The van der Waals surface area contributed by atoms with Gasteiger partial charge in [0.25, 0.3) is 0 Å². The second-order valence-electron chi connectivity index (χ2n) is 4.20. The second kappa shape index (κ2) is 7.58. The van der Waals surface area contributed by atoms with Crippen LogP contribution in [0.15, 0.2) is 18.2 Å². The van der Waals surface area contributed by atoms with E-state index >= 15 is 0 Å². The predicted molar refractivity (Wildman–Crippen MR) is 75.4 cm³/mol. The lowest BCUT2D eigenvalue weighted by molar-refractivity contribution is -0.000206. The zero-order valence-electron chi connectivity index (χ0n) is 10.6. The van der Waals surface area contributed by atoms with Crippen molar-refractivity contribution in [2.24, 2.45) is 5.73 Å². The van der Waals surface area contributed by atoms with Gasteiger partial charge < -0.3 is 15.6 Å². The van der Waals surface area contributed by atoms with Gasteiger partial charge in [-0.05, 0) is 25.0 Å². The molecule has 0 aliphatic heterocycles. The highest BCUT2D eigenvalue weighted by Gasteiger charge is 2.27. The third-order valence-electron chi connectivity index (χ3n) is 2.76. The maximum Gasteiger partial charge on any atom is 0.404 e. The Morgan fingerprint density at radius 1 is 1.42 bits per heavy atom. The number of nitrogens with two attached hydrogens (primary N) is 1. The molecule has 0 aliphatic rings. The largest absolute Gasteiger partial charge is 0.443 e. The molecule has 1 rings (SSSR count). The third kappa shape index (κ3) is 4.56. The number of ether oxygens (including phenoxy) is 1. The number of rotatable bonds is 6. The van der Waals surface area contributed by atoms with E-state index in [-0.39, 0.29) is 0 Å². The van der Waals surface area contributed by atoms with Crippen molar-refractivity contribution in [1.29, 1.82) is 0 Å². The minimum Gasteiger partial charge on any atom is -0.443 e. The maximum atomic E-state index is 10.9. The van der Waals surface area contributed by atoms with Crippen LogP contribution >= 0.6 is 23.2 Å². The van der Waals surface area contributed by atoms with Gasteiger partial charge in [-0.15, -0.1) is 0 Å². The standard InChI is InChI=1S/C13H17Cl2NO3/c1-2-3-7-10(19-13(16)18)12(17)11-8(14)5-4-6-9(11)15/h4-6,10,12,17H,2-3,7H2,1H3,(H2,16,18)/t10-,12+/m0/s1. The van der Waals surface area contributed by atoms with Gasteiger partial charge in [0.05, 0.1) is 0 Å². The van der Waals surface area contributed by atoms with Crippen LogP contribution in [0.2, 0.25) is 10.0 Å². The number of carbonyl (C=O) groups is 1. The van der Waals surface area contributed by atoms with Gasteiger partial charge in [0.1, 0.15) is 12.2 Å². The van der Waals surface area contributed by atoms with E-state index in [1.165, 1.54) is 0 Å². The molecule has 2 atom stereocenters. The van der Waals surface area contributed by atoms with E-state index in [4.69, 9.17) is 33.7 Å². The number of aliphatic hydroxyl groups is 1. The Balaban J connectivity index is 2.97. The van der Waals surface area contributed by atoms with E-state index in [1.807, 2.05) is 6.92 Å². The molecule has 0 unspecified atom stereocenters. The molecule has 0 fully saturated rings. The molecule has 3 N–H and O–H groups in total. The molecule has 0 heterocycles. The lowest BCUT2D eigenvalue weighted by Gasteiger charge is -2.24. The Morgan fingerprint density at radius 2 is 2.00 bits per heavy atom. The summed E-state index contributed by atoms with van der Waals surface area (Å²) in [6.07, 6.45) is -0.598. The van der Waals surface area contributed by atoms with Crippen LogP contribution in [0.1, 0.15) is 37.9 Å². The molecule has 1 aromatic carbocycles. The number of carbonyl (C=O) groups excluding carboxylic acids is 1. The van der Waals surface area contributed by atoms with Gasteiger partial charge in [0.2, 0.25) is 0 Å². The number of aliphatic hydroxyl groups excluding tert-OH is 1. The monoisotopic (exact) mass is 305 g/mol. The number of primary amides is 1. The van der Waals surface area contributed by atoms with E-state index in [1.54, 1.807) is 18.2 Å². The zero-order chi connectivity index (χ0) is 14.4. The molecular weight excluding hydrogens is 289 g/mol. The summed E-state index contributed by atoms with van der Waals surface area (Å²) in [4.78, 5) is 10.9. The minimum absolute atomic E-state index is 0.328. The summed E-state index contributed by atoms with van der Waals surface area (Å²) in [5.41, 5.74) is 5.37. The van der Waals surface area contributed by atoms with E-state index < -0.39 is 18.3 Å². The zero-order valence-corrected chi connectivity index (χ0v) is 12.1. The van der Waals surface area contributed by atoms with Crippen molar-refractivity contribution in [2.75, 3.05) is 0 Å². The van der Waals surface area contributed by atoms with Crippen molar-refractivity contribution >= 4 is 29.3 Å². The SMILES string of the molecule is CCCC[C@H](OC(N)=O)[C@@H](O)c1c(Cl)cccc1Cl. The highest BCUT2D eigenvalue weighted by molar-refractivity contribution is 6.36. The summed E-state index contributed by atoms with van der Waals surface area (Å²) >= 11 is 12.0. The van der Waals surface area contributed by atoms with E-state index in [9.17, 15) is 9.90 Å². The van der Waals surface area contributed by atoms with Crippen LogP contribution in [0.25, 0.3) is 0 Å². The maximum absolute atomic E-state index is 10.9. The number of amides is 1. The van der Waals surface area contributed by atoms with Crippen LogP contribution in [0.5, 0.6) is 0 Å². The summed E-state index contributed by atoms with van der Waals surface area (Å²) in [6, 6.07) is 4.91. The molecule has 19 heavy (non-hydrogen) atoms. The molecule has 106 valence electrons. The van der Waals surface area contributed by atoms with Gasteiger partial charge in [-0.25, -0.2) is 4.79 Å². The molecule has 1 aromatic rings. The number of hydrogen-bond acceptors (Lipinski definition) is 3. The van der Waals surface area contributed by atoms with E-state index in [0.717, 1.165) is 12.8 Å².